The molecule has 0 saturated carbocycles. The third-order valence-electron chi connectivity index (χ3n) is 29.7. The molecule has 19 aromatic rings. The number of unbranched alkanes of at least 4 members (excludes halogenated alkanes) is 24. The number of pyridine rings is 4. The van der Waals surface area contributed by atoms with E-state index in [-0.39, 0.29) is 68.6 Å². The zero-order valence-corrected chi connectivity index (χ0v) is 78.3. The number of nitrogens with zero attached hydrogens (tertiary/aromatic N) is 6. The fourth-order valence-electron chi connectivity index (χ4n) is 23.3. The summed E-state index contributed by atoms with van der Waals surface area (Å²) in [5.74, 6) is 0. The van der Waals surface area contributed by atoms with Crippen LogP contribution in [-0.4, -0.2) is 28.2 Å². The molecule has 0 amide bonds. The van der Waals surface area contributed by atoms with E-state index in [1.165, 1.54) is 0 Å². The largest absolute Gasteiger partial charge is 0.271 e. The van der Waals surface area contributed by atoms with E-state index in [0.717, 1.165) is 372 Å². The van der Waals surface area contributed by atoms with Gasteiger partial charge in [-0.2, -0.15) is 0 Å². The summed E-state index contributed by atoms with van der Waals surface area (Å²) in [5.41, 5.74) is -0.752. The minimum Gasteiger partial charge on any atom is -0.271 e. The lowest BCUT2D eigenvalue weighted by Crippen LogP contribution is -2.37. The highest BCUT2D eigenvalue weighted by molar-refractivity contribution is 7.30. The first-order valence-corrected chi connectivity index (χ1v) is 51.8. The molecule has 0 radical (unpaired) electrons. The lowest BCUT2D eigenvalue weighted by molar-refractivity contribution is 0.384. The summed E-state index contributed by atoms with van der Waals surface area (Å²) in [7, 11) is 0. The monoisotopic (exact) mass is 1750 g/mol. The van der Waals surface area contributed by atoms with Gasteiger partial charge in [0, 0.05) is 132 Å². The van der Waals surface area contributed by atoms with Crippen molar-refractivity contribution < 1.29 is 0 Å². The van der Waals surface area contributed by atoms with Crippen LogP contribution in [-0.2, 0) is 0 Å². The Hall–Kier alpha value is -9.68. The highest BCUT2D eigenvalue weighted by Gasteiger charge is 2.35. The maximum Gasteiger partial charge on any atom is 0.261 e. The molecule has 0 unspecified atom stereocenters. The zero-order valence-electron chi connectivity index (χ0n) is 75.9. The van der Waals surface area contributed by atoms with Gasteiger partial charge in [-0.3, -0.25) is 56.6 Å². The van der Waals surface area contributed by atoms with E-state index in [1.54, 1.807) is 52.3 Å². The van der Waals surface area contributed by atoms with Crippen molar-refractivity contribution in [3.63, 3.8) is 0 Å². The average molecular weight is 1750 g/mol. The van der Waals surface area contributed by atoms with Gasteiger partial charge in [-0.05, 0) is 155 Å². The lowest BCUT2D eigenvalue weighted by Gasteiger charge is -2.24. The van der Waals surface area contributed by atoms with Crippen LogP contribution in [0, 0.1) is 0 Å². The molecular weight excluding hydrogens is 1630 g/mol. The SMILES string of the molecule is CCCCCCC(CCCCCC)n1c(=O)c2ccc3c4ccc5c(=O)n(C(CCCCCC)CCCCCC)c(=O)c6cc7c8sc(-c9ccc(-c%10nc%11c%12cc%13c(=O)n(C(CCCCCC)CCCCCC)c(=O)c%14ccc%15c%16ccc%17c(=O)n(C(CCCCCC)CCCCCC)c(=O)c%18cc(c%11s%10)c(c%16c%17%18)c%12c%15c%14%13)s9)nc8c8cc(c1=O)c2c3c8c7c4c56. The lowest BCUT2D eigenvalue weighted by atomic mass is 9.82. The standard InChI is InChI=1S/C110H122N6O8S3/c1-9-17-25-33-41-63(42-34-26-18-10-2)113-103(117)71-53-49-67-69-51-55-73-87-81(109(123)115(105(73)119)65(45-37-29-21-13-5)46-38-30-22-14-6)61-77-95(91(69)87)93-75(59-79(107(113)121)85(71)89(67)93)97-99(77)126-101(111-97)83-57-58-84(125-83)102-112-98-76-60-80-86-72(104(118)114(108(80)122)64(43-35-27-19-11-3)44-36-28-20-12-4)54-50-68-70-52-56-74-88-82(62-78(100(98)127-102)96(92(70)88)94(76)90(68)86)110(124)116(106(74)120)66(47-39-31-23-15-7)48-40-32-24-16-8/h49-66H,9-48H2,1-8H3. The van der Waals surface area contributed by atoms with Gasteiger partial charge in [0.2, 0.25) is 0 Å². The molecule has 14 nitrogen and oxygen atoms in total. The molecule has 0 spiro atoms. The number of hydrogen-bond acceptors (Lipinski definition) is 13. The Kier molecular flexibility index (Phi) is 25.0. The summed E-state index contributed by atoms with van der Waals surface area (Å²) in [5, 5.41) is 21.5. The maximum atomic E-state index is 16.1. The molecule has 0 aliphatic rings. The van der Waals surface area contributed by atoms with E-state index in [1.807, 2.05) is 36.4 Å². The highest BCUT2D eigenvalue weighted by Crippen LogP contribution is 2.56. The van der Waals surface area contributed by atoms with Crippen LogP contribution in [0.1, 0.15) is 336 Å². The summed E-state index contributed by atoms with van der Waals surface area (Å²) >= 11 is 4.72. The van der Waals surface area contributed by atoms with Crippen LogP contribution in [0.5, 0.6) is 0 Å². The number of aromatic nitrogens is 6. The van der Waals surface area contributed by atoms with Crippen LogP contribution >= 0.6 is 34.0 Å². The van der Waals surface area contributed by atoms with Crippen LogP contribution in [0.25, 0.3) is 191 Å². The third-order valence-corrected chi connectivity index (χ3v) is 33.3. The molecule has 0 N–H and O–H groups in total. The Morgan fingerprint density at radius 3 is 0.638 bits per heavy atom. The van der Waals surface area contributed by atoms with E-state index >= 15 is 38.4 Å². The first-order chi connectivity index (χ1) is 62.1. The van der Waals surface area contributed by atoms with Crippen molar-refractivity contribution in [1.29, 1.82) is 0 Å². The Labute approximate surface area is 752 Å². The molecule has 0 bridgehead atoms. The number of fused-ring (bicyclic) bond motifs is 8. The number of benzene rings is 12. The number of thiophene rings is 1. The van der Waals surface area contributed by atoms with E-state index < -0.39 is 0 Å². The molecule has 12 aromatic carbocycles. The molecule has 0 saturated heterocycles. The van der Waals surface area contributed by atoms with Gasteiger partial charge in [0.1, 0.15) is 10.0 Å². The predicted molar refractivity (Wildman–Crippen MR) is 544 cm³/mol. The summed E-state index contributed by atoms with van der Waals surface area (Å²) in [4.78, 5) is 141. The average Bonchev–Trinajstić information content (AvgIpc) is 1.59. The van der Waals surface area contributed by atoms with Gasteiger partial charge in [-0.15, -0.1) is 34.0 Å². The van der Waals surface area contributed by atoms with Crippen LogP contribution in [0.3, 0.4) is 0 Å². The van der Waals surface area contributed by atoms with Gasteiger partial charge in [0.25, 0.3) is 44.5 Å². The van der Waals surface area contributed by atoms with Gasteiger partial charge in [0.15, 0.2) is 0 Å². The van der Waals surface area contributed by atoms with Gasteiger partial charge in [-0.25, -0.2) is 9.97 Å². The topological polar surface area (TPSA) is 182 Å². The fourth-order valence-corrected chi connectivity index (χ4v) is 26.6. The Balaban J connectivity index is 0.855. The second kappa shape index (κ2) is 36.7. The first-order valence-electron chi connectivity index (χ1n) is 49.4. The van der Waals surface area contributed by atoms with Crippen molar-refractivity contribution in [3.05, 3.63) is 168 Å². The van der Waals surface area contributed by atoms with E-state index in [9.17, 15) is 0 Å². The minimum atomic E-state index is -0.281. The van der Waals surface area contributed by atoms with Gasteiger partial charge in [0.05, 0.1) is 30.2 Å². The van der Waals surface area contributed by atoms with Crippen molar-refractivity contribution in [2.24, 2.45) is 0 Å². The van der Waals surface area contributed by atoms with E-state index in [2.05, 4.69) is 104 Å². The number of rotatable bonds is 46. The zero-order chi connectivity index (χ0) is 87.7. The van der Waals surface area contributed by atoms with Crippen molar-refractivity contribution in [3.8, 4) is 19.8 Å². The van der Waals surface area contributed by atoms with Crippen molar-refractivity contribution >= 4 is 205 Å². The second-order valence-corrected chi connectivity index (χ2v) is 41.0. The van der Waals surface area contributed by atoms with Gasteiger partial charge >= 0.3 is 0 Å². The molecule has 0 atom stereocenters. The first kappa shape index (κ1) is 86.7. The molecule has 0 aliphatic heterocycles. The van der Waals surface area contributed by atoms with Crippen LogP contribution in [0.2, 0.25) is 0 Å². The third kappa shape index (κ3) is 14.5. The van der Waals surface area contributed by atoms with Crippen LogP contribution in [0.4, 0.5) is 0 Å². The fraction of sp³-hybridized carbons (Fsp3) is 0.473. The van der Waals surface area contributed by atoms with Crippen LogP contribution < -0.4 is 44.5 Å². The van der Waals surface area contributed by atoms with E-state index in [4.69, 9.17) is 9.97 Å². The molecule has 658 valence electrons. The van der Waals surface area contributed by atoms with Gasteiger partial charge in [-0.1, -0.05) is 285 Å². The van der Waals surface area contributed by atoms with E-state index in [0.29, 0.717) is 75.7 Å². The van der Waals surface area contributed by atoms with Crippen molar-refractivity contribution in [2.45, 2.75) is 336 Å². The normalized spacial score (nSPS) is 12.9. The Morgan fingerprint density at radius 1 is 0.213 bits per heavy atom. The summed E-state index contributed by atoms with van der Waals surface area (Å²) in [6, 6.07) is 27.3. The van der Waals surface area contributed by atoms with Crippen LogP contribution in [0.15, 0.2) is 123 Å². The minimum absolute atomic E-state index is 0.254. The van der Waals surface area contributed by atoms with Gasteiger partial charge < -0.3 is 0 Å². The smallest absolute Gasteiger partial charge is 0.261 e. The number of hydrogen-bond donors (Lipinski definition) is 0. The Bertz CT molecular complexity index is 6870. The summed E-state index contributed by atoms with van der Waals surface area (Å²) in [6.07, 6.45) is 38.8. The maximum absolute atomic E-state index is 16.1. The molecule has 19 rings (SSSR count). The van der Waals surface area contributed by atoms with Crippen molar-refractivity contribution in [1.82, 2.24) is 28.2 Å². The molecule has 0 aliphatic carbocycles. The number of thiazole rings is 2. The molecular formula is C110H122N6O8S3. The summed E-state index contributed by atoms with van der Waals surface area (Å²) in [6.45, 7) is 17.7. The molecule has 7 aromatic heterocycles. The van der Waals surface area contributed by atoms with Crippen molar-refractivity contribution in [2.75, 3.05) is 0 Å². The predicted octanol–water partition coefficient (Wildman–Crippen LogP) is 30.0. The molecule has 127 heavy (non-hydrogen) atoms. The highest BCUT2D eigenvalue weighted by atomic mass is 32.1. The molecule has 17 heteroatoms. The Morgan fingerprint density at radius 2 is 0.409 bits per heavy atom. The quantitative estimate of drug-likeness (QED) is 0.0202. The molecule has 0 fully saturated rings. The summed E-state index contributed by atoms with van der Waals surface area (Å²) < 4.78 is 8.21. The molecule has 7 heterocycles. The second-order valence-electron chi connectivity index (χ2n) is 37.9.